The predicted molar refractivity (Wildman–Crippen MR) is 112 cm³/mol. The van der Waals surface area contributed by atoms with Crippen LogP contribution in [0.5, 0.6) is 0 Å². The van der Waals surface area contributed by atoms with E-state index in [1.165, 1.54) is 5.56 Å². The maximum absolute atomic E-state index is 12.5. The van der Waals surface area contributed by atoms with Crippen molar-refractivity contribution in [2.75, 3.05) is 31.9 Å². The summed E-state index contributed by atoms with van der Waals surface area (Å²) in [7, 11) is 0. The van der Waals surface area contributed by atoms with Crippen LogP contribution in [0.2, 0.25) is 0 Å². The summed E-state index contributed by atoms with van der Waals surface area (Å²) < 4.78 is 0. The minimum absolute atomic E-state index is 0.138. The van der Waals surface area contributed by atoms with Gasteiger partial charge in [0.15, 0.2) is 0 Å². The second kappa shape index (κ2) is 9.93. The number of amides is 2. The summed E-state index contributed by atoms with van der Waals surface area (Å²) in [5.74, 6) is 0.333. The molecule has 1 aliphatic heterocycles. The predicted octanol–water partition coefficient (Wildman–Crippen LogP) is 2.90. The molecule has 0 saturated carbocycles. The van der Waals surface area contributed by atoms with Gasteiger partial charge in [-0.2, -0.15) is 0 Å². The van der Waals surface area contributed by atoms with Crippen molar-refractivity contribution in [3.05, 3.63) is 65.7 Å². The molecule has 0 bridgehead atoms. The molecule has 5 heteroatoms. The first-order valence-electron chi connectivity index (χ1n) is 10.1. The summed E-state index contributed by atoms with van der Waals surface area (Å²) in [6.45, 7) is 2.49. The Bertz CT molecular complexity index is 783. The first-order chi connectivity index (χ1) is 13.6. The monoisotopic (exact) mass is 379 g/mol. The lowest BCUT2D eigenvalue weighted by atomic mass is 10.1. The molecule has 1 saturated heterocycles. The number of hydrogen-bond donors (Lipinski definition) is 1. The number of carbonyl (C=O) groups is 2. The van der Waals surface area contributed by atoms with Crippen molar-refractivity contribution in [1.29, 1.82) is 0 Å². The summed E-state index contributed by atoms with van der Waals surface area (Å²) in [6.07, 6.45) is 3.47. The highest BCUT2D eigenvalue weighted by molar-refractivity contribution is 5.78. The molecule has 2 amide bonds. The van der Waals surface area contributed by atoms with Crippen LogP contribution in [0.1, 0.15) is 30.4 Å². The van der Waals surface area contributed by atoms with Gasteiger partial charge in [-0.15, -0.1) is 0 Å². The first-order valence-corrected chi connectivity index (χ1v) is 10.1. The van der Waals surface area contributed by atoms with E-state index < -0.39 is 0 Å². The number of nitrogen functional groups attached to an aromatic ring is 1. The van der Waals surface area contributed by atoms with Crippen LogP contribution < -0.4 is 5.73 Å². The lowest BCUT2D eigenvalue weighted by Crippen LogP contribution is -2.50. The van der Waals surface area contributed by atoms with E-state index in [0.717, 1.165) is 24.1 Å². The quantitative estimate of drug-likeness (QED) is 0.752. The Morgan fingerprint density at radius 3 is 1.96 bits per heavy atom. The highest BCUT2D eigenvalue weighted by Gasteiger charge is 2.23. The van der Waals surface area contributed by atoms with Crippen molar-refractivity contribution in [2.45, 2.75) is 32.1 Å². The SMILES string of the molecule is Nc1ccccc1CCC(=O)N1CCN(C(=O)CCCc2ccccc2)CC1. The van der Waals surface area contributed by atoms with E-state index in [0.29, 0.717) is 45.4 Å². The van der Waals surface area contributed by atoms with Crippen molar-refractivity contribution in [3.8, 4) is 0 Å². The van der Waals surface area contributed by atoms with Gasteiger partial charge in [0.25, 0.3) is 0 Å². The smallest absolute Gasteiger partial charge is 0.223 e. The van der Waals surface area contributed by atoms with Crippen LogP contribution in [0, 0.1) is 0 Å². The highest BCUT2D eigenvalue weighted by atomic mass is 16.2. The van der Waals surface area contributed by atoms with Crippen molar-refractivity contribution >= 4 is 17.5 Å². The van der Waals surface area contributed by atoms with Gasteiger partial charge in [0.2, 0.25) is 11.8 Å². The van der Waals surface area contributed by atoms with Gasteiger partial charge in [0.05, 0.1) is 0 Å². The zero-order valence-electron chi connectivity index (χ0n) is 16.3. The molecule has 3 rings (SSSR count). The Labute approximate surface area is 167 Å². The molecule has 1 heterocycles. The second-order valence-corrected chi connectivity index (χ2v) is 7.30. The fourth-order valence-corrected chi connectivity index (χ4v) is 3.61. The van der Waals surface area contributed by atoms with Crippen molar-refractivity contribution in [1.82, 2.24) is 9.80 Å². The summed E-state index contributed by atoms with van der Waals surface area (Å²) >= 11 is 0. The maximum Gasteiger partial charge on any atom is 0.223 e. The Kier molecular flexibility index (Phi) is 7.06. The number of nitrogens with two attached hydrogens (primary N) is 1. The first kappa shape index (κ1) is 19.9. The molecule has 0 aromatic heterocycles. The molecule has 28 heavy (non-hydrogen) atoms. The fraction of sp³-hybridized carbons (Fsp3) is 0.391. The number of para-hydroxylation sites is 1. The number of nitrogens with zero attached hydrogens (tertiary/aromatic N) is 2. The third kappa shape index (κ3) is 5.59. The Morgan fingerprint density at radius 1 is 0.750 bits per heavy atom. The van der Waals surface area contributed by atoms with E-state index in [1.807, 2.05) is 52.3 Å². The topological polar surface area (TPSA) is 66.6 Å². The van der Waals surface area contributed by atoms with Gasteiger partial charge < -0.3 is 15.5 Å². The van der Waals surface area contributed by atoms with Crippen LogP contribution in [0.25, 0.3) is 0 Å². The normalized spacial score (nSPS) is 14.1. The van der Waals surface area contributed by atoms with Crippen LogP contribution in [0.3, 0.4) is 0 Å². The molecule has 1 fully saturated rings. The number of anilines is 1. The Hall–Kier alpha value is -2.82. The molecule has 0 aliphatic carbocycles. The number of piperazine rings is 1. The van der Waals surface area contributed by atoms with Gasteiger partial charge in [-0.1, -0.05) is 48.5 Å². The van der Waals surface area contributed by atoms with E-state index in [1.54, 1.807) is 0 Å². The molecular weight excluding hydrogens is 350 g/mol. The number of hydrogen-bond acceptors (Lipinski definition) is 3. The number of carbonyl (C=O) groups excluding carboxylic acids is 2. The second-order valence-electron chi connectivity index (χ2n) is 7.30. The van der Waals surface area contributed by atoms with Crippen LogP contribution >= 0.6 is 0 Å². The average Bonchev–Trinajstić information content (AvgIpc) is 2.74. The molecule has 0 radical (unpaired) electrons. The summed E-state index contributed by atoms with van der Waals surface area (Å²) in [4.78, 5) is 28.7. The summed E-state index contributed by atoms with van der Waals surface area (Å²) in [5.41, 5.74) is 8.97. The van der Waals surface area contributed by atoms with E-state index in [4.69, 9.17) is 5.73 Å². The highest BCUT2D eigenvalue weighted by Crippen LogP contribution is 2.14. The summed E-state index contributed by atoms with van der Waals surface area (Å²) in [6, 6.07) is 17.9. The molecule has 5 nitrogen and oxygen atoms in total. The van der Waals surface area contributed by atoms with E-state index >= 15 is 0 Å². The number of aryl methyl sites for hydroxylation is 2. The van der Waals surface area contributed by atoms with Crippen LogP contribution in [0.15, 0.2) is 54.6 Å². The van der Waals surface area contributed by atoms with Crippen LogP contribution in [-0.2, 0) is 22.4 Å². The number of benzene rings is 2. The molecular formula is C23H29N3O2. The molecule has 2 aromatic rings. The lowest BCUT2D eigenvalue weighted by Gasteiger charge is -2.35. The van der Waals surface area contributed by atoms with Gasteiger partial charge in [-0.25, -0.2) is 0 Å². The molecule has 2 aromatic carbocycles. The van der Waals surface area contributed by atoms with Gasteiger partial charge in [0.1, 0.15) is 0 Å². The molecule has 0 spiro atoms. The Morgan fingerprint density at radius 2 is 1.32 bits per heavy atom. The van der Waals surface area contributed by atoms with Gasteiger partial charge in [-0.05, 0) is 36.5 Å². The third-order valence-corrected chi connectivity index (χ3v) is 5.35. The van der Waals surface area contributed by atoms with E-state index in [-0.39, 0.29) is 11.8 Å². The molecule has 148 valence electrons. The zero-order chi connectivity index (χ0) is 19.8. The van der Waals surface area contributed by atoms with Crippen LogP contribution in [-0.4, -0.2) is 47.8 Å². The lowest BCUT2D eigenvalue weighted by molar-refractivity contribution is -0.139. The Balaban J connectivity index is 1.37. The van der Waals surface area contributed by atoms with Gasteiger partial charge in [0, 0.05) is 44.7 Å². The van der Waals surface area contributed by atoms with Crippen molar-refractivity contribution < 1.29 is 9.59 Å². The summed E-state index contributed by atoms with van der Waals surface area (Å²) in [5, 5.41) is 0. The molecule has 2 N–H and O–H groups in total. The fourth-order valence-electron chi connectivity index (χ4n) is 3.61. The van der Waals surface area contributed by atoms with E-state index in [9.17, 15) is 9.59 Å². The molecule has 1 aliphatic rings. The molecule has 0 unspecified atom stereocenters. The van der Waals surface area contributed by atoms with E-state index in [2.05, 4.69) is 12.1 Å². The van der Waals surface area contributed by atoms with Crippen molar-refractivity contribution in [3.63, 3.8) is 0 Å². The maximum atomic E-state index is 12.5. The minimum Gasteiger partial charge on any atom is -0.399 e. The molecule has 0 atom stereocenters. The number of rotatable bonds is 7. The zero-order valence-corrected chi connectivity index (χ0v) is 16.3. The minimum atomic E-state index is 0.138. The third-order valence-electron chi connectivity index (χ3n) is 5.35. The standard InChI is InChI=1S/C23H29N3O2/c24-21-11-5-4-10-20(21)13-14-23(28)26-17-15-25(16-18-26)22(27)12-6-9-19-7-2-1-3-8-19/h1-5,7-8,10-11H,6,9,12-18,24H2. The van der Waals surface area contributed by atoms with Gasteiger partial charge in [-0.3, -0.25) is 9.59 Å². The largest absolute Gasteiger partial charge is 0.399 e. The average molecular weight is 380 g/mol. The van der Waals surface area contributed by atoms with Crippen molar-refractivity contribution in [2.24, 2.45) is 0 Å². The van der Waals surface area contributed by atoms with Crippen LogP contribution in [0.4, 0.5) is 5.69 Å². The van der Waals surface area contributed by atoms with Gasteiger partial charge >= 0.3 is 0 Å².